The second-order valence-corrected chi connectivity index (χ2v) is 5.63. The molecular weight excluding hydrogens is 296 g/mol. The van der Waals surface area contributed by atoms with E-state index in [1.165, 1.54) is 18.4 Å². The van der Waals surface area contributed by atoms with Crippen molar-refractivity contribution in [2.75, 3.05) is 0 Å². The molecule has 0 heterocycles. The highest BCUT2D eigenvalue weighted by Crippen LogP contribution is 2.14. The molecule has 2 rings (SSSR count). The Kier molecular flexibility index (Phi) is 7.48. The quantitative estimate of drug-likeness (QED) is 0.392. The van der Waals surface area contributed by atoms with Crippen molar-refractivity contribution in [1.29, 1.82) is 0 Å². The van der Waals surface area contributed by atoms with Crippen LogP contribution in [0.1, 0.15) is 43.7 Å². The predicted octanol–water partition coefficient (Wildman–Crippen LogP) is 5.46. The summed E-state index contributed by atoms with van der Waals surface area (Å²) in [4.78, 5) is 0. The standard InChI is InChI=1S/C21H24N2O/c1-2-3-5-12-19(15-18-10-6-4-7-11-18)16-22-23-17-20-13-8-9-14-21(20)24/h4,6-11,13-17,24H,2-3,5,12H2,1H3/b19-15-,22-16+,23-17+. The fourth-order valence-corrected chi connectivity index (χ4v) is 2.32. The number of aromatic hydroxyl groups is 1. The summed E-state index contributed by atoms with van der Waals surface area (Å²) in [6, 6.07) is 17.3. The summed E-state index contributed by atoms with van der Waals surface area (Å²) in [7, 11) is 0. The molecule has 1 N–H and O–H groups in total. The van der Waals surface area contributed by atoms with Crippen molar-refractivity contribution in [3.63, 3.8) is 0 Å². The molecule has 3 nitrogen and oxygen atoms in total. The minimum absolute atomic E-state index is 0.208. The van der Waals surface area contributed by atoms with E-state index >= 15 is 0 Å². The molecule has 0 aliphatic carbocycles. The van der Waals surface area contributed by atoms with E-state index < -0.39 is 0 Å². The molecule has 0 aliphatic heterocycles. The lowest BCUT2D eigenvalue weighted by molar-refractivity contribution is 0.474. The van der Waals surface area contributed by atoms with Crippen molar-refractivity contribution in [2.45, 2.75) is 32.6 Å². The van der Waals surface area contributed by atoms with Gasteiger partial charge in [0.2, 0.25) is 0 Å². The summed E-state index contributed by atoms with van der Waals surface area (Å²) in [6.07, 6.45) is 10.1. The van der Waals surface area contributed by atoms with Crippen LogP contribution in [0.15, 0.2) is 70.4 Å². The SMILES string of the molecule is CCCCCC(=C/c1ccccc1)/C=N/N=C/c1ccccc1O. The first-order valence-corrected chi connectivity index (χ1v) is 8.39. The van der Waals surface area contributed by atoms with Crippen LogP contribution in [0.4, 0.5) is 0 Å². The molecule has 0 amide bonds. The van der Waals surface area contributed by atoms with E-state index in [9.17, 15) is 5.11 Å². The number of benzene rings is 2. The normalized spacial score (nSPS) is 12.3. The predicted molar refractivity (Wildman–Crippen MR) is 103 cm³/mol. The Balaban J connectivity index is 2.07. The molecule has 0 fully saturated rings. The van der Waals surface area contributed by atoms with Gasteiger partial charge in [0.1, 0.15) is 5.75 Å². The molecule has 124 valence electrons. The van der Waals surface area contributed by atoms with Gasteiger partial charge in [-0.15, -0.1) is 0 Å². The van der Waals surface area contributed by atoms with Crippen LogP contribution in [-0.2, 0) is 0 Å². The Bertz CT molecular complexity index is 703. The number of para-hydroxylation sites is 1. The molecule has 3 heteroatoms. The topological polar surface area (TPSA) is 45.0 Å². The number of unbranched alkanes of at least 4 members (excludes halogenated alkanes) is 2. The number of allylic oxidation sites excluding steroid dienone is 1. The van der Waals surface area contributed by atoms with Crippen LogP contribution >= 0.6 is 0 Å². The highest BCUT2D eigenvalue weighted by atomic mass is 16.3. The van der Waals surface area contributed by atoms with Crippen LogP contribution < -0.4 is 0 Å². The fourth-order valence-electron chi connectivity index (χ4n) is 2.32. The fraction of sp³-hybridized carbons (Fsp3) is 0.238. The van der Waals surface area contributed by atoms with Gasteiger partial charge in [0, 0.05) is 5.56 Å². The molecular formula is C21H24N2O. The second-order valence-electron chi connectivity index (χ2n) is 5.63. The number of phenolic OH excluding ortho intramolecular Hbond substituents is 1. The zero-order chi connectivity index (χ0) is 17.0. The number of nitrogens with zero attached hydrogens (tertiary/aromatic N) is 2. The lowest BCUT2D eigenvalue weighted by Crippen LogP contribution is -1.87. The third kappa shape index (κ3) is 6.21. The van der Waals surface area contributed by atoms with Crippen LogP contribution in [-0.4, -0.2) is 17.5 Å². The molecule has 0 saturated carbocycles. The van der Waals surface area contributed by atoms with Crippen molar-refractivity contribution in [2.24, 2.45) is 10.2 Å². The van der Waals surface area contributed by atoms with Gasteiger partial charge in [0.05, 0.1) is 12.4 Å². The minimum Gasteiger partial charge on any atom is -0.507 e. The zero-order valence-corrected chi connectivity index (χ0v) is 14.1. The van der Waals surface area contributed by atoms with Crippen molar-refractivity contribution < 1.29 is 5.11 Å². The molecule has 0 aliphatic rings. The Labute approximate surface area is 144 Å². The number of rotatable bonds is 8. The monoisotopic (exact) mass is 320 g/mol. The summed E-state index contributed by atoms with van der Waals surface area (Å²) < 4.78 is 0. The first-order valence-electron chi connectivity index (χ1n) is 8.39. The van der Waals surface area contributed by atoms with Crippen LogP contribution in [0.2, 0.25) is 0 Å². The molecule has 0 saturated heterocycles. The van der Waals surface area contributed by atoms with Crippen molar-refractivity contribution in [3.8, 4) is 5.75 Å². The Morgan fingerprint density at radius 3 is 2.46 bits per heavy atom. The maximum Gasteiger partial charge on any atom is 0.124 e. The number of phenols is 1. The van der Waals surface area contributed by atoms with Gasteiger partial charge >= 0.3 is 0 Å². The van der Waals surface area contributed by atoms with Gasteiger partial charge in [0.15, 0.2) is 0 Å². The molecule has 0 spiro atoms. The van der Waals surface area contributed by atoms with Gasteiger partial charge in [-0.2, -0.15) is 10.2 Å². The van der Waals surface area contributed by atoms with E-state index in [0.717, 1.165) is 18.4 Å². The maximum absolute atomic E-state index is 9.70. The van der Waals surface area contributed by atoms with Crippen LogP contribution in [0, 0.1) is 0 Å². The third-order valence-electron chi connectivity index (χ3n) is 3.64. The van der Waals surface area contributed by atoms with Crippen LogP contribution in [0.3, 0.4) is 0 Å². The summed E-state index contributed by atoms with van der Waals surface area (Å²) in [5.41, 5.74) is 2.98. The lowest BCUT2D eigenvalue weighted by Gasteiger charge is -2.01. The van der Waals surface area contributed by atoms with E-state index in [4.69, 9.17) is 0 Å². The Hall–Kier alpha value is -2.68. The van der Waals surface area contributed by atoms with Gasteiger partial charge in [-0.05, 0) is 36.1 Å². The van der Waals surface area contributed by atoms with Crippen LogP contribution in [0.5, 0.6) is 5.75 Å². The summed E-state index contributed by atoms with van der Waals surface area (Å²) >= 11 is 0. The zero-order valence-electron chi connectivity index (χ0n) is 14.1. The van der Waals surface area contributed by atoms with Crippen molar-refractivity contribution >= 4 is 18.5 Å². The average molecular weight is 320 g/mol. The molecule has 0 atom stereocenters. The van der Waals surface area contributed by atoms with Gasteiger partial charge in [-0.3, -0.25) is 0 Å². The molecule has 0 unspecified atom stereocenters. The molecule has 0 aromatic heterocycles. The second kappa shape index (κ2) is 10.2. The molecule has 2 aromatic rings. The number of hydrogen-bond acceptors (Lipinski definition) is 3. The van der Waals surface area contributed by atoms with E-state index in [1.807, 2.05) is 24.3 Å². The third-order valence-corrected chi connectivity index (χ3v) is 3.64. The van der Waals surface area contributed by atoms with Gasteiger partial charge in [-0.1, -0.05) is 68.3 Å². The highest BCUT2D eigenvalue weighted by molar-refractivity contribution is 5.87. The van der Waals surface area contributed by atoms with Crippen molar-refractivity contribution in [1.82, 2.24) is 0 Å². The molecule has 0 bridgehead atoms. The summed E-state index contributed by atoms with van der Waals surface area (Å²) in [6.45, 7) is 2.20. The first kappa shape index (κ1) is 17.7. The van der Waals surface area contributed by atoms with E-state index in [2.05, 4.69) is 35.3 Å². The maximum atomic E-state index is 9.70. The molecule has 2 aromatic carbocycles. The van der Waals surface area contributed by atoms with Gasteiger partial charge < -0.3 is 5.11 Å². The molecule has 24 heavy (non-hydrogen) atoms. The van der Waals surface area contributed by atoms with Gasteiger partial charge in [-0.25, -0.2) is 0 Å². The smallest absolute Gasteiger partial charge is 0.124 e. The minimum atomic E-state index is 0.208. The molecule has 0 radical (unpaired) electrons. The Morgan fingerprint density at radius 1 is 0.958 bits per heavy atom. The average Bonchev–Trinajstić information content (AvgIpc) is 2.61. The lowest BCUT2D eigenvalue weighted by atomic mass is 10.1. The van der Waals surface area contributed by atoms with E-state index in [-0.39, 0.29) is 5.75 Å². The number of hydrogen-bond donors (Lipinski definition) is 1. The largest absolute Gasteiger partial charge is 0.507 e. The van der Waals surface area contributed by atoms with Gasteiger partial charge in [0.25, 0.3) is 0 Å². The summed E-state index contributed by atoms with van der Waals surface area (Å²) in [5, 5.41) is 17.9. The Morgan fingerprint density at radius 2 is 1.71 bits per heavy atom. The van der Waals surface area contributed by atoms with E-state index in [1.54, 1.807) is 30.6 Å². The first-order chi connectivity index (χ1) is 11.8. The summed E-state index contributed by atoms with van der Waals surface area (Å²) in [5.74, 6) is 0.208. The highest BCUT2D eigenvalue weighted by Gasteiger charge is 1.97. The van der Waals surface area contributed by atoms with E-state index in [0.29, 0.717) is 5.56 Å². The van der Waals surface area contributed by atoms with Crippen LogP contribution in [0.25, 0.3) is 6.08 Å². The van der Waals surface area contributed by atoms with Crippen molar-refractivity contribution in [3.05, 3.63) is 71.3 Å².